The third-order valence-electron chi connectivity index (χ3n) is 2.94. The second kappa shape index (κ2) is 4.82. The molecule has 94 valence electrons. The van der Waals surface area contributed by atoms with Crippen LogP contribution in [0.5, 0.6) is 5.75 Å². The van der Waals surface area contributed by atoms with E-state index < -0.39 is 0 Å². The molecule has 0 radical (unpaired) electrons. The van der Waals surface area contributed by atoms with Gasteiger partial charge in [0.15, 0.2) is 0 Å². The van der Waals surface area contributed by atoms with Gasteiger partial charge in [0.25, 0.3) is 5.91 Å². The second-order valence-corrected chi connectivity index (χ2v) is 5.51. The topological polar surface area (TPSA) is 49.3 Å². The lowest BCUT2D eigenvalue weighted by molar-refractivity contribution is 0.103. The van der Waals surface area contributed by atoms with Gasteiger partial charge in [-0.3, -0.25) is 4.79 Å². The van der Waals surface area contributed by atoms with Gasteiger partial charge in [0, 0.05) is 16.1 Å². The first-order valence-electron chi connectivity index (χ1n) is 5.66. The van der Waals surface area contributed by atoms with Crippen molar-refractivity contribution in [3.8, 4) is 5.75 Å². The summed E-state index contributed by atoms with van der Waals surface area (Å²) in [7, 11) is 0. The van der Waals surface area contributed by atoms with Crippen LogP contribution in [0.25, 0.3) is 0 Å². The lowest BCUT2D eigenvalue weighted by atomic mass is 10.2. The number of aromatic hydroxyl groups is 1. The SMILES string of the molecule is Cc1cc(C(=O)Nc2cccc(O)c2C)sc1C. The van der Waals surface area contributed by atoms with E-state index in [1.54, 1.807) is 25.1 Å². The fraction of sp³-hybridized carbons (Fsp3) is 0.214. The van der Waals surface area contributed by atoms with Crippen LogP contribution in [0.2, 0.25) is 0 Å². The van der Waals surface area contributed by atoms with Crippen molar-refractivity contribution in [2.24, 2.45) is 0 Å². The van der Waals surface area contributed by atoms with E-state index in [9.17, 15) is 9.90 Å². The average Bonchev–Trinajstić information content (AvgIpc) is 2.66. The van der Waals surface area contributed by atoms with Crippen molar-refractivity contribution >= 4 is 22.9 Å². The van der Waals surface area contributed by atoms with Gasteiger partial charge in [-0.05, 0) is 44.5 Å². The van der Waals surface area contributed by atoms with Crippen LogP contribution in [0, 0.1) is 20.8 Å². The van der Waals surface area contributed by atoms with Gasteiger partial charge in [0.05, 0.1) is 4.88 Å². The van der Waals surface area contributed by atoms with Crippen molar-refractivity contribution in [1.29, 1.82) is 0 Å². The molecule has 0 unspecified atom stereocenters. The molecule has 0 aliphatic rings. The quantitative estimate of drug-likeness (QED) is 0.867. The lowest BCUT2D eigenvalue weighted by Crippen LogP contribution is -2.11. The van der Waals surface area contributed by atoms with Gasteiger partial charge in [-0.2, -0.15) is 0 Å². The molecule has 0 bridgehead atoms. The number of anilines is 1. The molecule has 1 aromatic heterocycles. The fourth-order valence-corrected chi connectivity index (χ4v) is 2.56. The summed E-state index contributed by atoms with van der Waals surface area (Å²) in [4.78, 5) is 13.9. The molecule has 3 nitrogen and oxygen atoms in total. The number of phenols is 1. The van der Waals surface area contributed by atoms with Crippen molar-refractivity contribution in [1.82, 2.24) is 0 Å². The van der Waals surface area contributed by atoms with Crippen LogP contribution in [0.4, 0.5) is 5.69 Å². The van der Waals surface area contributed by atoms with E-state index in [0.717, 1.165) is 10.4 Å². The zero-order chi connectivity index (χ0) is 13.3. The molecule has 0 aliphatic carbocycles. The highest BCUT2D eigenvalue weighted by Crippen LogP contribution is 2.26. The molecule has 1 aromatic carbocycles. The summed E-state index contributed by atoms with van der Waals surface area (Å²) in [5.74, 6) is 0.0521. The van der Waals surface area contributed by atoms with E-state index in [1.807, 2.05) is 19.9 Å². The van der Waals surface area contributed by atoms with Crippen molar-refractivity contribution in [2.45, 2.75) is 20.8 Å². The smallest absolute Gasteiger partial charge is 0.265 e. The highest BCUT2D eigenvalue weighted by molar-refractivity contribution is 7.14. The lowest BCUT2D eigenvalue weighted by Gasteiger charge is -2.08. The summed E-state index contributed by atoms with van der Waals surface area (Å²) in [6.45, 7) is 5.76. The van der Waals surface area contributed by atoms with E-state index in [4.69, 9.17) is 0 Å². The Morgan fingerprint density at radius 3 is 2.61 bits per heavy atom. The van der Waals surface area contributed by atoms with Crippen LogP contribution in [0.15, 0.2) is 24.3 Å². The maximum Gasteiger partial charge on any atom is 0.265 e. The van der Waals surface area contributed by atoms with Gasteiger partial charge < -0.3 is 10.4 Å². The number of rotatable bonds is 2. The van der Waals surface area contributed by atoms with Gasteiger partial charge in [-0.15, -0.1) is 11.3 Å². The number of nitrogens with one attached hydrogen (secondary N) is 1. The van der Waals surface area contributed by atoms with E-state index in [0.29, 0.717) is 16.1 Å². The molecular weight excluding hydrogens is 246 g/mol. The molecule has 2 rings (SSSR count). The Labute approximate surface area is 110 Å². The minimum atomic E-state index is -0.134. The monoisotopic (exact) mass is 261 g/mol. The van der Waals surface area contributed by atoms with Crippen LogP contribution >= 0.6 is 11.3 Å². The molecule has 1 heterocycles. The third kappa shape index (κ3) is 2.38. The largest absolute Gasteiger partial charge is 0.508 e. The normalized spacial score (nSPS) is 10.4. The maximum atomic E-state index is 12.1. The Balaban J connectivity index is 2.24. The summed E-state index contributed by atoms with van der Waals surface area (Å²) in [6, 6.07) is 6.97. The summed E-state index contributed by atoms with van der Waals surface area (Å²) in [6.07, 6.45) is 0. The predicted molar refractivity (Wildman–Crippen MR) is 74.6 cm³/mol. The van der Waals surface area contributed by atoms with E-state index in [1.165, 1.54) is 11.3 Å². The number of hydrogen-bond donors (Lipinski definition) is 2. The molecular formula is C14H15NO2S. The fourth-order valence-electron chi connectivity index (χ4n) is 1.63. The number of hydrogen-bond acceptors (Lipinski definition) is 3. The van der Waals surface area contributed by atoms with E-state index in [-0.39, 0.29) is 11.7 Å². The first-order chi connectivity index (χ1) is 8.49. The Morgan fingerprint density at radius 1 is 1.28 bits per heavy atom. The Morgan fingerprint density at radius 2 is 2.00 bits per heavy atom. The molecule has 1 amide bonds. The Bertz CT molecular complexity index is 582. The highest BCUT2D eigenvalue weighted by Gasteiger charge is 2.12. The summed E-state index contributed by atoms with van der Waals surface area (Å²) < 4.78 is 0. The molecule has 0 atom stereocenters. The van der Waals surface area contributed by atoms with Crippen LogP contribution in [0.1, 0.15) is 25.7 Å². The maximum absolute atomic E-state index is 12.1. The van der Waals surface area contributed by atoms with Crippen molar-refractivity contribution in [3.05, 3.63) is 45.1 Å². The van der Waals surface area contributed by atoms with Gasteiger partial charge >= 0.3 is 0 Å². The van der Waals surface area contributed by atoms with Crippen molar-refractivity contribution in [3.63, 3.8) is 0 Å². The Hall–Kier alpha value is -1.81. The number of phenolic OH excluding ortho intramolecular Hbond substituents is 1. The molecule has 2 N–H and O–H groups in total. The average molecular weight is 261 g/mol. The minimum absolute atomic E-state index is 0.134. The number of benzene rings is 1. The van der Waals surface area contributed by atoms with E-state index in [2.05, 4.69) is 5.32 Å². The number of amides is 1. The van der Waals surface area contributed by atoms with Crippen molar-refractivity contribution < 1.29 is 9.90 Å². The second-order valence-electron chi connectivity index (χ2n) is 4.25. The number of aryl methyl sites for hydroxylation is 2. The van der Waals surface area contributed by atoms with Crippen molar-refractivity contribution in [2.75, 3.05) is 5.32 Å². The van der Waals surface area contributed by atoms with Crippen LogP contribution < -0.4 is 5.32 Å². The Kier molecular flexibility index (Phi) is 3.39. The first-order valence-corrected chi connectivity index (χ1v) is 6.47. The van der Waals surface area contributed by atoms with Gasteiger partial charge in [0.1, 0.15) is 5.75 Å². The molecule has 18 heavy (non-hydrogen) atoms. The molecule has 0 saturated heterocycles. The standard InChI is InChI=1S/C14H15NO2S/c1-8-7-13(18-10(8)3)14(17)15-11-5-4-6-12(16)9(11)2/h4-7,16H,1-3H3,(H,15,17). The van der Waals surface area contributed by atoms with Crippen LogP contribution in [-0.4, -0.2) is 11.0 Å². The molecule has 0 spiro atoms. The van der Waals surface area contributed by atoms with Gasteiger partial charge in [-0.1, -0.05) is 6.07 Å². The zero-order valence-corrected chi connectivity index (χ0v) is 11.4. The summed E-state index contributed by atoms with van der Waals surface area (Å²) >= 11 is 1.48. The third-order valence-corrected chi connectivity index (χ3v) is 4.09. The van der Waals surface area contributed by atoms with Gasteiger partial charge in [-0.25, -0.2) is 0 Å². The van der Waals surface area contributed by atoms with Crippen LogP contribution in [-0.2, 0) is 0 Å². The highest BCUT2D eigenvalue weighted by atomic mass is 32.1. The predicted octanol–water partition coefficient (Wildman–Crippen LogP) is 3.63. The van der Waals surface area contributed by atoms with Crippen LogP contribution in [0.3, 0.4) is 0 Å². The molecule has 4 heteroatoms. The minimum Gasteiger partial charge on any atom is -0.508 e. The summed E-state index contributed by atoms with van der Waals surface area (Å²) in [5, 5.41) is 12.4. The van der Waals surface area contributed by atoms with Gasteiger partial charge in [0.2, 0.25) is 0 Å². The zero-order valence-electron chi connectivity index (χ0n) is 10.6. The number of carbonyl (C=O) groups is 1. The number of thiophene rings is 1. The molecule has 2 aromatic rings. The molecule has 0 saturated carbocycles. The molecule has 0 fully saturated rings. The number of carbonyl (C=O) groups excluding carboxylic acids is 1. The van der Waals surface area contributed by atoms with E-state index >= 15 is 0 Å². The summed E-state index contributed by atoms with van der Waals surface area (Å²) in [5.41, 5.74) is 2.44. The molecule has 0 aliphatic heterocycles. The first kappa shape index (κ1) is 12.6.